The van der Waals surface area contributed by atoms with Crippen molar-refractivity contribution in [3.63, 3.8) is 0 Å². The van der Waals surface area contributed by atoms with Gasteiger partial charge in [0.15, 0.2) is 0 Å². The Morgan fingerprint density at radius 2 is 1.82 bits per heavy atom. The lowest BCUT2D eigenvalue weighted by Crippen LogP contribution is -2.50. The summed E-state index contributed by atoms with van der Waals surface area (Å²) in [6.07, 6.45) is 1.94. The summed E-state index contributed by atoms with van der Waals surface area (Å²) < 4.78 is 12.3. The molecule has 1 saturated heterocycles. The van der Waals surface area contributed by atoms with Crippen LogP contribution in [0.1, 0.15) is 16.4 Å². The molecule has 7 nitrogen and oxygen atoms in total. The first-order chi connectivity index (χ1) is 13.7. The highest BCUT2D eigenvalue weighted by atomic mass is 16.5. The van der Waals surface area contributed by atoms with Gasteiger partial charge in [0.25, 0.3) is 5.91 Å². The molecule has 0 aliphatic carbocycles. The summed E-state index contributed by atoms with van der Waals surface area (Å²) in [7, 11) is 1.63. The van der Waals surface area contributed by atoms with Crippen molar-refractivity contribution in [3.8, 4) is 17.0 Å². The highest BCUT2D eigenvalue weighted by Gasteiger charge is 2.33. The van der Waals surface area contributed by atoms with E-state index in [1.165, 1.54) is 0 Å². The number of methoxy groups -OCH3 is 1. The summed E-state index contributed by atoms with van der Waals surface area (Å²) in [5.41, 5.74) is 2.53. The van der Waals surface area contributed by atoms with Crippen molar-refractivity contribution >= 4 is 5.91 Å². The van der Waals surface area contributed by atoms with Crippen LogP contribution in [0.15, 0.2) is 60.8 Å². The monoisotopic (exact) mass is 378 g/mol. The topological polar surface area (TPSA) is 69.5 Å². The number of ether oxygens (including phenoxy) is 2. The Labute approximate surface area is 163 Å². The number of rotatable bonds is 7. The van der Waals surface area contributed by atoms with Crippen molar-refractivity contribution in [1.82, 2.24) is 19.9 Å². The number of nitrogens with zero attached hydrogens (tertiary/aromatic N) is 4. The normalized spacial score (nSPS) is 14.0. The lowest BCUT2D eigenvalue weighted by molar-refractivity contribution is 0.0498. The fraction of sp³-hybridized carbons (Fsp3) is 0.286. The van der Waals surface area contributed by atoms with Crippen LogP contribution in [-0.4, -0.2) is 59.2 Å². The molecule has 0 bridgehead atoms. The van der Waals surface area contributed by atoms with Gasteiger partial charge in [-0.15, -0.1) is 5.10 Å². The molecule has 0 saturated carbocycles. The molecule has 0 N–H and O–H groups in total. The minimum absolute atomic E-state index is 0.0167. The van der Waals surface area contributed by atoms with Crippen LogP contribution in [0.2, 0.25) is 0 Å². The third-order valence-corrected chi connectivity index (χ3v) is 4.76. The Balaban J connectivity index is 1.32. The average molecular weight is 378 g/mol. The molecule has 0 atom stereocenters. The lowest BCUT2D eigenvalue weighted by atomic mass is 10.1. The van der Waals surface area contributed by atoms with E-state index in [4.69, 9.17) is 9.47 Å². The molecule has 0 spiro atoms. The van der Waals surface area contributed by atoms with Gasteiger partial charge in [0.2, 0.25) is 0 Å². The van der Waals surface area contributed by atoms with Crippen LogP contribution in [0.4, 0.5) is 0 Å². The van der Waals surface area contributed by atoms with Gasteiger partial charge >= 0.3 is 0 Å². The number of hydrogen-bond donors (Lipinski definition) is 0. The first-order valence-electron chi connectivity index (χ1n) is 9.23. The quantitative estimate of drug-likeness (QED) is 0.591. The number of benzene rings is 2. The summed E-state index contributed by atoms with van der Waals surface area (Å²) in [6, 6.07) is 17.3. The maximum atomic E-state index is 12.6. The van der Waals surface area contributed by atoms with Crippen molar-refractivity contribution < 1.29 is 14.3 Å². The van der Waals surface area contributed by atoms with E-state index in [9.17, 15) is 4.79 Å². The minimum atomic E-state index is 0.0167. The van der Waals surface area contributed by atoms with Gasteiger partial charge < -0.3 is 14.4 Å². The maximum Gasteiger partial charge on any atom is 0.254 e. The molecule has 4 rings (SSSR count). The molecule has 0 unspecified atom stereocenters. The summed E-state index contributed by atoms with van der Waals surface area (Å²) in [4.78, 5) is 14.4. The summed E-state index contributed by atoms with van der Waals surface area (Å²) in [6.45, 7) is 2.27. The van der Waals surface area contributed by atoms with Crippen molar-refractivity contribution in [1.29, 1.82) is 0 Å². The van der Waals surface area contributed by atoms with E-state index in [0.29, 0.717) is 31.9 Å². The number of carbonyl (C=O) groups excluding carboxylic acids is 1. The van der Waals surface area contributed by atoms with E-state index in [1.54, 1.807) is 19.2 Å². The number of amides is 1. The fourth-order valence-electron chi connectivity index (χ4n) is 3.10. The van der Waals surface area contributed by atoms with E-state index in [1.807, 2.05) is 58.2 Å². The molecule has 2 heterocycles. The predicted molar refractivity (Wildman–Crippen MR) is 104 cm³/mol. The van der Waals surface area contributed by atoms with Gasteiger partial charge in [-0.05, 0) is 24.3 Å². The summed E-state index contributed by atoms with van der Waals surface area (Å²) >= 11 is 0. The Bertz CT molecular complexity index is 918. The van der Waals surface area contributed by atoms with E-state index >= 15 is 0 Å². The lowest BCUT2D eigenvalue weighted by Gasteiger charge is -2.38. The van der Waals surface area contributed by atoms with Crippen LogP contribution in [0, 0.1) is 0 Å². The van der Waals surface area contributed by atoms with Crippen LogP contribution in [0.5, 0.6) is 5.75 Å². The molecule has 7 heteroatoms. The summed E-state index contributed by atoms with van der Waals surface area (Å²) in [5.74, 6) is 0.745. The second kappa shape index (κ2) is 8.22. The van der Waals surface area contributed by atoms with Crippen molar-refractivity contribution in [2.75, 3.05) is 33.4 Å². The smallest absolute Gasteiger partial charge is 0.254 e. The molecular formula is C21H22N4O3. The van der Waals surface area contributed by atoms with Gasteiger partial charge in [0, 0.05) is 31.3 Å². The standard InChI is InChI=1S/C21H22N4O3/c1-27-11-12-28-19-9-7-17(8-10-19)21(26)24-13-18(14-24)25-15-20(22-23-25)16-5-3-2-4-6-16/h2-10,15,18H,11-14H2,1H3. The molecule has 1 amide bonds. The third kappa shape index (κ3) is 3.89. The zero-order valence-corrected chi connectivity index (χ0v) is 15.7. The number of carbonyl (C=O) groups is 1. The molecule has 144 valence electrons. The molecule has 28 heavy (non-hydrogen) atoms. The van der Waals surface area contributed by atoms with Gasteiger partial charge in [-0.3, -0.25) is 4.79 Å². The number of likely N-dealkylation sites (tertiary alicyclic amines) is 1. The first-order valence-corrected chi connectivity index (χ1v) is 9.23. The van der Waals surface area contributed by atoms with Crippen LogP contribution in [0.25, 0.3) is 11.3 Å². The molecular weight excluding hydrogens is 356 g/mol. The van der Waals surface area contributed by atoms with Crippen LogP contribution < -0.4 is 4.74 Å². The maximum absolute atomic E-state index is 12.6. The van der Waals surface area contributed by atoms with Crippen molar-refractivity contribution in [3.05, 3.63) is 66.4 Å². The van der Waals surface area contributed by atoms with Gasteiger partial charge in [0.05, 0.1) is 18.8 Å². The molecule has 1 aliphatic heterocycles. The number of hydrogen-bond acceptors (Lipinski definition) is 5. The Hall–Kier alpha value is -3.19. The third-order valence-electron chi connectivity index (χ3n) is 4.76. The van der Waals surface area contributed by atoms with Gasteiger partial charge in [-0.1, -0.05) is 35.5 Å². The fourth-order valence-corrected chi connectivity index (χ4v) is 3.10. The molecule has 2 aromatic carbocycles. The average Bonchev–Trinajstić information content (AvgIpc) is 3.18. The second-order valence-corrected chi connectivity index (χ2v) is 6.68. The van der Waals surface area contributed by atoms with E-state index in [-0.39, 0.29) is 11.9 Å². The summed E-state index contributed by atoms with van der Waals surface area (Å²) in [5, 5.41) is 8.47. The molecule has 3 aromatic rings. The van der Waals surface area contributed by atoms with E-state index in [2.05, 4.69) is 10.3 Å². The van der Waals surface area contributed by atoms with Gasteiger partial charge in [0.1, 0.15) is 18.1 Å². The highest BCUT2D eigenvalue weighted by molar-refractivity contribution is 5.94. The SMILES string of the molecule is COCCOc1ccc(C(=O)N2CC(n3cc(-c4ccccc4)nn3)C2)cc1. The molecule has 0 radical (unpaired) electrons. The Morgan fingerprint density at radius 1 is 1.07 bits per heavy atom. The van der Waals surface area contributed by atoms with Crippen LogP contribution >= 0.6 is 0 Å². The molecule has 1 fully saturated rings. The zero-order chi connectivity index (χ0) is 19.3. The van der Waals surface area contributed by atoms with E-state index in [0.717, 1.165) is 17.0 Å². The second-order valence-electron chi connectivity index (χ2n) is 6.68. The van der Waals surface area contributed by atoms with Gasteiger partial charge in [-0.25, -0.2) is 4.68 Å². The van der Waals surface area contributed by atoms with Gasteiger partial charge in [-0.2, -0.15) is 0 Å². The van der Waals surface area contributed by atoms with Crippen molar-refractivity contribution in [2.45, 2.75) is 6.04 Å². The predicted octanol–water partition coefficient (Wildman–Crippen LogP) is 2.67. The van der Waals surface area contributed by atoms with Crippen LogP contribution in [-0.2, 0) is 4.74 Å². The highest BCUT2D eigenvalue weighted by Crippen LogP contribution is 2.25. The molecule has 1 aliphatic rings. The zero-order valence-electron chi connectivity index (χ0n) is 15.7. The van der Waals surface area contributed by atoms with Crippen LogP contribution in [0.3, 0.4) is 0 Å². The Morgan fingerprint density at radius 3 is 2.54 bits per heavy atom. The largest absolute Gasteiger partial charge is 0.491 e. The molecule has 1 aromatic heterocycles. The number of aromatic nitrogens is 3. The van der Waals surface area contributed by atoms with E-state index < -0.39 is 0 Å². The Kier molecular flexibility index (Phi) is 5.34. The minimum Gasteiger partial charge on any atom is -0.491 e. The van der Waals surface area contributed by atoms with Crippen molar-refractivity contribution in [2.24, 2.45) is 0 Å². The first kappa shape index (κ1) is 18.2.